The van der Waals surface area contributed by atoms with Crippen LogP contribution in [-0.4, -0.2) is 33.8 Å². The van der Waals surface area contributed by atoms with Crippen LogP contribution in [0.25, 0.3) is 10.9 Å². The average molecular weight is 243 g/mol. The van der Waals surface area contributed by atoms with Gasteiger partial charge in [-0.1, -0.05) is 18.2 Å². The predicted octanol–water partition coefficient (Wildman–Crippen LogP) is 3.08. The van der Waals surface area contributed by atoms with Crippen molar-refractivity contribution in [3.63, 3.8) is 0 Å². The third kappa shape index (κ3) is 2.15. The molecule has 1 aromatic carbocycles. The summed E-state index contributed by atoms with van der Waals surface area (Å²) in [5, 5.41) is 5.96. The van der Waals surface area contributed by atoms with Crippen molar-refractivity contribution < 1.29 is 0 Å². The number of hydrogen-bond donors (Lipinski definition) is 0. The molecule has 1 saturated heterocycles. The summed E-state index contributed by atoms with van der Waals surface area (Å²) in [5.41, 5.74) is 1.11. The summed E-state index contributed by atoms with van der Waals surface area (Å²) in [6.45, 7) is 6.95. The minimum Gasteiger partial charge on any atom is -0.301 e. The van der Waals surface area contributed by atoms with E-state index < -0.39 is 0 Å². The summed E-state index contributed by atoms with van der Waals surface area (Å²) in [4.78, 5) is 2.56. The van der Waals surface area contributed by atoms with Crippen LogP contribution in [0.4, 0.5) is 0 Å². The van der Waals surface area contributed by atoms with Gasteiger partial charge in [0.2, 0.25) is 0 Å². The van der Waals surface area contributed by atoms with Crippen molar-refractivity contribution >= 4 is 10.9 Å². The van der Waals surface area contributed by atoms with E-state index in [4.69, 9.17) is 5.10 Å². The van der Waals surface area contributed by atoms with E-state index in [1.807, 2.05) is 0 Å². The van der Waals surface area contributed by atoms with E-state index in [1.54, 1.807) is 0 Å². The van der Waals surface area contributed by atoms with Gasteiger partial charge in [-0.05, 0) is 32.8 Å². The molecule has 2 aromatic rings. The second kappa shape index (κ2) is 4.73. The average Bonchev–Trinajstić information content (AvgIpc) is 2.82. The fourth-order valence-electron chi connectivity index (χ4n) is 2.84. The van der Waals surface area contributed by atoms with Crippen molar-refractivity contribution in [1.29, 1.82) is 0 Å². The number of likely N-dealkylation sites (tertiary alicyclic amines) is 1. The van der Waals surface area contributed by atoms with Gasteiger partial charge in [-0.25, -0.2) is 0 Å². The monoisotopic (exact) mass is 243 g/mol. The number of benzene rings is 1. The molecule has 0 saturated carbocycles. The minimum atomic E-state index is 0.576. The first-order valence-electron chi connectivity index (χ1n) is 6.92. The molecule has 0 amide bonds. The van der Waals surface area contributed by atoms with Gasteiger partial charge in [-0.2, -0.15) is 5.10 Å². The van der Waals surface area contributed by atoms with Crippen LogP contribution in [0.2, 0.25) is 0 Å². The normalized spacial score (nSPS) is 18.8. The van der Waals surface area contributed by atoms with Crippen LogP contribution < -0.4 is 0 Å². The first kappa shape index (κ1) is 11.7. The van der Waals surface area contributed by atoms with Crippen LogP contribution in [0.15, 0.2) is 30.5 Å². The first-order chi connectivity index (χ1) is 8.74. The summed E-state index contributed by atoms with van der Waals surface area (Å²) < 4.78 is 2.18. The fourth-order valence-corrected chi connectivity index (χ4v) is 2.84. The Balaban J connectivity index is 1.76. The standard InChI is InChI=1S/C15H21N3/c1-12(2)17-9-7-14(8-10-17)18-11-13-5-3-4-6-15(13)16-18/h3-6,11-12,14H,7-10H2,1-2H3. The van der Waals surface area contributed by atoms with Crippen molar-refractivity contribution in [2.45, 2.75) is 38.8 Å². The van der Waals surface area contributed by atoms with Crippen LogP contribution in [-0.2, 0) is 0 Å². The van der Waals surface area contributed by atoms with Crippen LogP contribution >= 0.6 is 0 Å². The maximum Gasteiger partial charge on any atom is 0.0923 e. The molecule has 1 fully saturated rings. The third-order valence-electron chi connectivity index (χ3n) is 4.03. The Morgan fingerprint density at radius 3 is 2.56 bits per heavy atom. The lowest BCUT2D eigenvalue weighted by Crippen LogP contribution is -2.39. The Kier molecular flexibility index (Phi) is 3.08. The molecule has 3 nitrogen and oxygen atoms in total. The summed E-state index contributed by atoms with van der Waals surface area (Å²) in [7, 11) is 0. The van der Waals surface area contributed by atoms with Crippen molar-refractivity contribution in [2.75, 3.05) is 13.1 Å². The molecule has 1 aliphatic rings. The third-order valence-corrected chi connectivity index (χ3v) is 4.03. The van der Waals surface area contributed by atoms with Crippen molar-refractivity contribution in [3.05, 3.63) is 30.5 Å². The predicted molar refractivity (Wildman–Crippen MR) is 74.7 cm³/mol. The van der Waals surface area contributed by atoms with Crippen molar-refractivity contribution in [3.8, 4) is 0 Å². The molecule has 0 unspecified atom stereocenters. The van der Waals surface area contributed by atoms with E-state index in [9.17, 15) is 0 Å². The molecule has 0 spiro atoms. The molecule has 0 radical (unpaired) electrons. The Morgan fingerprint density at radius 1 is 1.17 bits per heavy atom. The maximum absolute atomic E-state index is 4.70. The van der Waals surface area contributed by atoms with Crippen molar-refractivity contribution in [1.82, 2.24) is 14.7 Å². The summed E-state index contributed by atoms with van der Waals surface area (Å²) in [5.74, 6) is 0. The van der Waals surface area contributed by atoms with E-state index in [0.29, 0.717) is 12.1 Å². The van der Waals surface area contributed by atoms with Crippen LogP contribution in [0.3, 0.4) is 0 Å². The number of hydrogen-bond acceptors (Lipinski definition) is 2. The van der Waals surface area contributed by atoms with Gasteiger partial charge in [-0.3, -0.25) is 4.68 Å². The van der Waals surface area contributed by atoms with Gasteiger partial charge in [0.25, 0.3) is 0 Å². The van der Waals surface area contributed by atoms with E-state index >= 15 is 0 Å². The zero-order valence-electron chi connectivity index (χ0n) is 11.2. The largest absolute Gasteiger partial charge is 0.301 e. The highest BCUT2D eigenvalue weighted by Crippen LogP contribution is 2.24. The molecule has 3 rings (SSSR count). The number of rotatable bonds is 2. The van der Waals surface area contributed by atoms with Crippen LogP contribution in [0.1, 0.15) is 32.7 Å². The van der Waals surface area contributed by atoms with Gasteiger partial charge < -0.3 is 4.90 Å². The van der Waals surface area contributed by atoms with E-state index in [1.165, 1.54) is 31.3 Å². The molecule has 0 atom stereocenters. The van der Waals surface area contributed by atoms with Crippen LogP contribution in [0, 0.1) is 0 Å². The molecule has 0 bridgehead atoms. The fraction of sp³-hybridized carbons (Fsp3) is 0.533. The van der Waals surface area contributed by atoms with Gasteiger partial charge in [0, 0.05) is 30.7 Å². The highest BCUT2D eigenvalue weighted by molar-refractivity contribution is 5.77. The Bertz CT molecular complexity index is 488. The topological polar surface area (TPSA) is 21.1 Å². The van der Waals surface area contributed by atoms with E-state index in [0.717, 1.165) is 5.52 Å². The lowest BCUT2D eigenvalue weighted by Gasteiger charge is -2.34. The number of aromatic nitrogens is 2. The zero-order chi connectivity index (χ0) is 12.5. The smallest absolute Gasteiger partial charge is 0.0923 e. The lowest BCUT2D eigenvalue weighted by atomic mass is 10.0. The highest BCUT2D eigenvalue weighted by atomic mass is 15.3. The Hall–Kier alpha value is -1.35. The highest BCUT2D eigenvalue weighted by Gasteiger charge is 2.22. The lowest BCUT2D eigenvalue weighted by molar-refractivity contribution is 0.147. The molecular weight excluding hydrogens is 222 g/mol. The maximum atomic E-state index is 4.70. The number of nitrogens with zero attached hydrogens (tertiary/aromatic N) is 3. The molecular formula is C15H21N3. The number of piperidine rings is 1. The van der Waals surface area contributed by atoms with Crippen LogP contribution in [0.5, 0.6) is 0 Å². The Labute approximate surface area is 108 Å². The molecule has 0 aliphatic carbocycles. The minimum absolute atomic E-state index is 0.576. The number of fused-ring (bicyclic) bond motifs is 1. The second-order valence-electron chi connectivity index (χ2n) is 5.53. The summed E-state index contributed by atoms with van der Waals surface area (Å²) >= 11 is 0. The molecule has 2 heterocycles. The SMILES string of the molecule is CC(C)N1CCC(n2cc3ccccc3n2)CC1. The van der Waals surface area contributed by atoms with Gasteiger partial charge in [0.05, 0.1) is 11.6 Å². The Morgan fingerprint density at radius 2 is 1.89 bits per heavy atom. The molecule has 1 aromatic heterocycles. The second-order valence-corrected chi connectivity index (χ2v) is 5.53. The molecule has 1 aliphatic heterocycles. The van der Waals surface area contributed by atoms with E-state index in [-0.39, 0.29) is 0 Å². The quantitative estimate of drug-likeness (QED) is 0.808. The zero-order valence-corrected chi connectivity index (χ0v) is 11.2. The van der Waals surface area contributed by atoms with Gasteiger partial charge in [0.15, 0.2) is 0 Å². The van der Waals surface area contributed by atoms with E-state index in [2.05, 4.69) is 53.9 Å². The molecule has 96 valence electrons. The van der Waals surface area contributed by atoms with Crippen molar-refractivity contribution in [2.24, 2.45) is 0 Å². The van der Waals surface area contributed by atoms with Gasteiger partial charge in [0.1, 0.15) is 0 Å². The van der Waals surface area contributed by atoms with Gasteiger partial charge in [-0.15, -0.1) is 0 Å². The van der Waals surface area contributed by atoms with Gasteiger partial charge >= 0.3 is 0 Å². The molecule has 0 N–H and O–H groups in total. The first-order valence-corrected chi connectivity index (χ1v) is 6.92. The molecule has 18 heavy (non-hydrogen) atoms. The summed E-state index contributed by atoms with van der Waals surface area (Å²) in [6.07, 6.45) is 4.63. The summed E-state index contributed by atoms with van der Waals surface area (Å²) in [6, 6.07) is 9.61. The molecule has 3 heteroatoms.